The maximum atomic E-state index is 12.6. The lowest BCUT2D eigenvalue weighted by Crippen LogP contribution is -2.48. The second kappa shape index (κ2) is 13.8. The van der Waals surface area contributed by atoms with Crippen molar-refractivity contribution in [3.05, 3.63) is 95.6 Å². The number of nitrogens with one attached hydrogen (secondary N) is 2. The lowest BCUT2D eigenvalue weighted by atomic mass is 9.98. The van der Waals surface area contributed by atoms with Gasteiger partial charge in [-0.25, -0.2) is 9.59 Å². The first-order chi connectivity index (χ1) is 19.3. The number of benzene rings is 3. The first-order valence-electron chi connectivity index (χ1n) is 13.6. The zero-order valence-corrected chi connectivity index (χ0v) is 22.8. The van der Waals surface area contributed by atoms with Crippen LogP contribution in [0.25, 0.3) is 11.1 Å². The van der Waals surface area contributed by atoms with E-state index in [4.69, 9.17) is 9.47 Å². The van der Waals surface area contributed by atoms with Crippen LogP contribution in [0.5, 0.6) is 0 Å². The predicted octanol–water partition coefficient (Wildman–Crippen LogP) is 5.12. The molecule has 8 nitrogen and oxygen atoms in total. The van der Waals surface area contributed by atoms with Crippen LogP contribution in [0.2, 0.25) is 0 Å². The van der Waals surface area contributed by atoms with Crippen LogP contribution >= 0.6 is 0 Å². The lowest BCUT2D eigenvalue weighted by Gasteiger charge is -2.23. The summed E-state index contributed by atoms with van der Waals surface area (Å²) in [7, 11) is 0. The number of carboxylic acids is 1. The predicted molar refractivity (Wildman–Crippen MR) is 152 cm³/mol. The average molecular weight is 545 g/mol. The van der Waals surface area contributed by atoms with Gasteiger partial charge in [-0.1, -0.05) is 85.8 Å². The number of hydrogen-bond donors (Lipinski definition) is 3. The minimum absolute atomic E-state index is 0.0120. The zero-order valence-electron chi connectivity index (χ0n) is 22.8. The highest BCUT2D eigenvalue weighted by Gasteiger charge is 2.29. The van der Waals surface area contributed by atoms with Crippen molar-refractivity contribution in [3.8, 4) is 11.1 Å². The number of fused-ring (bicyclic) bond motifs is 3. The second-order valence-electron chi connectivity index (χ2n) is 10.2. The first-order valence-corrected chi connectivity index (χ1v) is 13.6. The molecule has 2 amide bonds. The molecule has 0 aliphatic heterocycles. The molecule has 40 heavy (non-hydrogen) atoms. The average Bonchev–Trinajstić information content (AvgIpc) is 3.27. The highest BCUT2D eigenvalue weighted by molar-refractivity contribution is 5.84. The maximum absolute atomic E-state index is 12.6. The Hall–Kier alpha value is -4.17. The minimum atomic E-state index is -1.16. The fourth-order valence-corrected chi connectivity index (χ4v) is 5.00. The van der Waals surface area contributed by atoms with Gasteiger partial charge in [-0.2, -0.15) is 0 Å². The maximum Gasteiger partial charge on any atom is 0.407 e. The van der Waals surface area contributed by atoms with Crippen molar-refractivity contribution in [2.45, 2.75) is 51.4 Å². The Balaban J connectivity index is 1.17. The van der Waals surface area contributed by atoms with E-state index < -0.39 is 24.2 Å². The second-order valence-corrected chi connectivity index (χ2v) is 10.2. The molecule has 0 saturated heterocycles. The van der Waals surface area contributed by atoms with E-state index in [1.807, 2.05) is 61.5 Å². The smallest absolute Gasteiger partial charge is 0.407 e. The van der Waals surface area contributed by atoms with Crippen LogP contribution in [0, 0.1) is 5.92 Å². The van der Waals surface area contributed by atoms with Crippen LogP contribution in [-0.4, -0.2) is 48.4 Å². The fraction of sp³-hybridized carbons (Fsp3) is 0.344. The van der Waals surface area contributed by atoms with Gasteiger partial charge in [0.1, 0.15) is 6.61 Å². The van der Waals surface area contributed by atoms with E-state index >= 15 is 0 Å². The summed E-state index contributed by atoms with van der Waals surface area (Å²) in [5, 5.41) is 14.9. The van der Waals surface area contributed by atoms with Gasteiger partial charge in [-0.05, 0) is 47.1 Å². The molecule has 1 aliphatic carbocycles. The molecule has 0 radical (unpaired) electrons. The molecule has 3 unspecified atom stereocenters. The molecule has 3 aromatic carbocycles. The zero-order chi connectivity index (χ0) is 28.5. The highest BCUT2D eigenvalue weighted by Crippen LogP contribution is 2.44. The summed E-state index contributed by atoms with van der Waals surface area (Å²) in [4.78, 5) is 36.7. The third-order valence-electron chi connectivity index (χ3n) is 7.19. The molecule has 8 heteroatoms. The number of alkyl carbamates (subject to hydrolysis) is 1. The molecular formula is C32H36N2O6. The normalized spacial score (nSPS) is 14.3. The van der Waals surface area contributed by atoms with Gasteiger partial charge in [0.2, 0.25) is 5.91 Å². The van der Waals surface area contributed by atoms with Crippen molar-refractivity contribution in [1.82, 2.24) is 10.6 Å². The molecule has 0 heterocycles. The highest BCUT2D eigenvalue weighted by atomic mass is 16.5. The first kappa shape index (κ1) is 28.8. The van der Waals surface area contributed by atoms with E-state index in [9.17, 15) is 19.5 Å². The van der Waals surface area contributed by atoms with Gasteiger partial charge in [-0.3, -0.25) is 4.79 Å². The van der Waals surface area contributed by atoms with Crippen LogP contribution in [0.3, 0.4) is 0 Å². The Morgan fingerprint density at radius 2 is 1.48 bits per heavy atom. The molecule has 4 rings (SSSR count). The molecule has 0 spiro atoms. The molecule has 0 aromatic heterocycles. The van der Waals surface area contributed by atoms with Gasteiger partial charge in [0.15, 0.2) is 6.04 Å². The molecule has 3 N–H and O–H groups in total. The van der Waals surface area contributed by atoms with Crippen LogP contribution in [0.1, 0.15) is 49.3 Å². The minimum Gasteiger partial charge on any atom is -0.480 e. The van der Waals surface area contributed by atoms with Gasteiger partial charge >= 0.3 is 12.1 Å². The summed E-state index contributed by atoms with van der Waals surface area (Å²) in [6, 6.07) is 24.6. The lowest BCUT2D eigenvalue weighted by molar-refractivity contribution is -0.146. The molecule has 3 aromatic rings. The number of rotatable bonds is 13. The van der Waals surface area contributed by atoms with E-state index in [0.29, 0.717) is 13.0 Å². The Kier molecular flexibility index (Phi) is 9.91. The van der Waals surface area contributed by atoms with Crippen molar-refractivity contribution in [2.75, 3.05) is 13.2 Å². The van der Waals surface area contributed by atoms with Gasteiger partial charge < -0.3 is 25.2 Å². The summed E-state index contributed by atoms with van der Waals surface area (Å²) in [5.74, 6) is -1.62. The SMILES string of the molecule is CC(CCNC(=O)OCC1c2ccccc2-c2ccccc21)CC(=O)NC(C(=O)O)C(C)OCc1ccccc1. The van der Waals surface area contributed by atoms with Crippen molar-refractivity contribution in [2.24, 2.45) is 5.92 Å². The Labute approximate surface area is 234 Å². The van der Waals surface area contributed by atoms with Crippen LogP contribution < -0.4 is 10.6 Å². The topological polar surface area (TPSA) is 114 Å². The van der Waals surface area contributed by atoms with Crippen molar-refractivity contribution >= 4 is 18.0 Å². The van der Waals surface area contributed by atoms with Gasteiger partial charge in [0, 0.05) is 18.9 Å². The number of ether oxygens (including phenoxy) is 2. The third-order valence-corrected chi connectivity index (χ3v) is 7.19. The van der Waals surface area contributed by atoms with Gasteiger partial charge in [0.25, 0.3) is 0 Å². The molecule has 1 aliphatic rings. The Morgan fingerprint density at radius 3 is 2.10 bits per heavy atom. The quantitative estimate of drug-likeness (QED) is 0.275. The molecule has 0 fully saturated rings. The monoisotopic (exact) mass is 544 g/mol. The summed E-state index contributed by atoms with van der Waals surface area (Å²) in [6.45, 7) is 4.33. The largest absolute Gasteiger partial charge is 0.480 e. The standard InChI is InChI=1S/C32H36N2O6/c1-21(18-29(35)34-30(31(36)37)22(2)39-19-23-10-4-3-5-11-23)16-17-33-32(38)40-20-28-26-14-8-6-12-24(26)25-13-7-9-15-27(25)28/h3-15,21-22,28,30H,16-20H2,1-2H3,(H,33,38)(H,34,35)(H,36,37). The number of amides is 2. The van der Waals surface area contributed by atoms with E-state index in [1.165, 1.54) is 11.1 Å². The summed E-state index contributed by atoms with van der Waals surface area (Å²) >= 11 is 0. The van der Waals surface area contributed by atoms with Crippen LogP contribution in [0.15, 0.2) is 78.9 Å². The van der Waals surface area contributed by atoms with Crippen LogP contribution in [-0.2, 0) is 25.7 Å². The summed E-state index contributed by atoms with van der Waals surface area (Å²) in [6.07, 6.45) is -0.558. The van der Waals surface area contributed by atoms with Crippen LogP contribution in [0.4, 0.5) is 4.79 Å². The Bertz CT molecular complexity index is 1270. The van der Waals surface area contributed by atoms with Crippen molar-refractivity contribution in [3.63, 3.8) is 0 Å². The number of aliphatic carboxylic acids is 1. The van der Waals surface area contributed by atoms with E-state index in [-0.39, 0.29) is 37.4 Å². The van der Waals surface area contributed by atoms with E-state index in [2.05, 4.69) is 34.9 Å². The van der Waals surface area contributed by atoms with E-state index in [0.717, 1.165) is 16.7 Å². The third kappa shape index (κ3) is 7.48. The Morgan fingerprint density at radius 1 is 0.875 bits per heavy atom. The number of carbonyl (C=O) groups is 3. The van der Waals surface area contributed by atoms with Gasteiger partial charge in [0.05, 0.1) is 12.7 Å². The summed E-state index contributed by atoms with van der Waals surface area (Å²) < 4.78 is 11.2. The summed E-state index contributed by atoms with van der Waals surface area (Å²) in [5.41, 5.74) is 5.55. The number of carboxylic acid groups (broad SMARTS) is 1. The molecule has 210 valence electrons. The number of hydrogen-bond acceptors (Lipinski definition) is 5. The molecule has 0 bridgehead atoms. The number of carbonyl (C=O) groups excluding carboxylic acids is 2. The van der Waals surface area contributed by atoms with Crippen molar-refractivity contribution < 1.29 is 29.0 Å². The fourth-order valence-electron chi connectivity index (χ4n) is 5.00. The molecular weight excluding hydrogens is 508 g/mol. The molecule has 3 atom stereocenters. The van der Waals surface area contributed by atoms with Gasteiger partial charge in [-0.15, -0.1) is 0 Å². The van der Waals surface area contributed by atoms with E-state index in [1.54, 1.807) is 6.92 Å². The van der Waals surface area contributed by atoms with Crippen molar-refractivity contribution in [1.29, 1.82) is 0 Å². The molecule has 0 saturated carbocycles.